The molecule has 5 heteroatoms. The van der Waals surface area contributed by atoms with E-state index in [0.717, 1.165) is 31.9 Å². The molecule has 2 rings (SSSR count). The fourth-order valence-corrected chi connectivity index (χ4v) is 3.64. The van der Waals surface area contributed by atoms with E-state index < -0.39 is 0 Å². The van der Waals surface area contributed by atoms with Crippen LogP contribution < -0.4 is 4.74 Å². The maximum atomic E-state index is 9.40. The van der Waals surface area contributed by atoms with Crippen LogP contribution in [0.3, 0.4) is 0 Å². The zero-order valence-corrected chi connectivity index (χ0v) is 14.7. The molecule has 0 saturated carbocycles. The molecule has 1 fully saturated rings. The van der Waals surface area contributed by atoms with Gasteiger partial charge in [-0.2, -0.15) is 0 Å². The molecule has 4 nitrogen and oxygen atoms in total. The Morgan fingerprint density at radius 1 is 1.36 bits per heavy atom. The van der Waals surface area contributed by atoms with Crippen molar-refractivity contribution < 1.29 is 9.84 Å². The summed E-state index contributed by atoms with van der Waals surface area (Å²) in [5.41, 5.74) is 1.25. The van der Waals surface area contributed by atoms with E-state index in [1.807, 2.05) is 0 Å². The van der Waals surface area contributed by atoms with E-state index in [4.69, 9.17) is 4.74 Å². The van der Waals surface area contributed by atoms with Crippen LogP contribution in [0.15, 0.2) is 23.1 Å². The van der Waals surface area contributed by atoms with Crippen LogP contribution in [0.1, 0.15) is 18.4 Å². The van der Waals surface area contributed by atoms with E-state index in [2.05, 4.69) is 41.3 Å². The van der Waals surface area contributed by atoms with E-state index in [1.165, 1.54) is 23.3 Å². The number of hydrogen-bond acceptors (Lipinski definition) is 5. The number of rotatable bonds is 7. The Kier molecular flexibility index (Phi) is 7.02. The van der Waals surface area contributed by atoms with Gasteiger partial charge in [0, 0.05) is 24.0 Å². The number of ether oxygens (including phenoxy) is 1. The third kappa shape index (κ3) is 4.62. The predicted octanol–water partition coefficient (Wildman–Crippen LogP) is 2.31. The topological polar surface area (TPSA) is 35.9 Å². The smallest absolute Gasteiger partial charge is 0.132 e. The zero-order valence-electron chi connectivity index (χ0n) is 13.9. The minimum absolute atomic E-state index is 0.215. The fraction of sp³-hybridized carbons (Fsp3) is 0.647. The minimum atomic E-state index is 0.215. The van der Waals surface area contributed by atoms with Crippen molar-refractivity contribution in [2.45, 2.75) is 30.3 Å². The van der Waals surface area contributed by atoms with Gasteiger partial charge in [-0.1, -0.05) is 6.07 Å². The highest BCUT2D eigenvalue weighted by atomic mass is 32.2. The lowest BCUT2D eigenvalue weighted by Crippen LogP contribution is -2.44. The second-order valence-electron chi connectivity index (χ2n) is 5.92. The van der Waals surface area contributed by atoms with E-state index in [9.17, 15) is 5.11 Å². The van der Waals surface area contributed by atoms with Gasteiger partial charge in [-0.3, -0.25) is 4.90 Å². The molecule has 22 heavy (non-hydrogen) atoms. The molecule has 1 aliphatic heterocycles. The molecule has 0 spiro atoms. The second-order valence-corrected chi connectivity index (χ2v) is 6.77. The largest absolute Gasteiger partial charge is 0.496 e. The Labute approximate surface area is 138 Å². The third-order valence-electron chi connectivity index (χ3n) is 4.43. The van der Waals surface area contributed by atoms with Gasteiger partial charge in [0.25, 0.3) is 0 Å². The van der Waals surface area contributed by atoms with Gasteiger partial charge in [0.1, 0.15) is 5.75 Å². The van der Waals surface area contributed by atoms with Crippen LogP contribution in [-0.4, -0.2) is 67.6 Å². The van der Waals surface area contributed by atoms with E-state index in [0.29, 0.717) is 6.04 Å². The molecule has 124 valence electrons. The number of methoxy groups -OCH3 is 1. The minimum Gasteiger partial charge on any atom is -0.496 e. The summed E-state index contributed by atoms with van der Waals surface area (Å²) in [7, 11) is 3.90. The maximum Gasteiger partial charge on any atom is 0.132 e. The van der Waals surface area contributed by atoms with Crippen molar-refractivity contribution in [1.82, 2.24) is 9.80 Å². The van der Waals surface area contributed by atoms with Crippen LogP contribution >= 0.6 is 11.8 Å². The molecule has 0 aromatic heterocycles. The highest BCUT2D eigenvalue weighted by molar-refractivity contribution is 7.98. The lowest BCUT2D eigenvalue weighted by atomic mass is 10.0. The number of likely N-dealkylation sites (tertiary alicyclic amines) is 1. The van der Waals surface area contributed by atoms with Crippen LogP contribution in [-0.2, 0) is 6.54 Å². The normalized spacial score (nSPS) is 17.1. The third-order valence-corrected chi connectivity index (χ3v) is 5.20. The lowest BCUT2D eigenvalue weighted by molar-refractivity contribution is 0.0940. The molecule has 0 amide bonds. The van der Waals surface area contributed by atoms with Crippen LogP contribution in [0.2, 0.25) is 0 Å². The van der Waals surface area contributed by atoms with Gasteiger partial charge < -0.3 is 14.7 Å². The zero-order chi connectivity index (χ0) is 15.9. The van der Waals surface area contributed by atoms with Gasteiger partial charge in [0.05, 0.1) is 13.7 Å². The molecule has 1 aromatic carbocycles. The van der Waals surface area contributed by atoms with Crippen molar-refractivity contribution in [3.05, 3.63) is 23.8 Å². The average molecular weight is 324 g/mol. The summed E-state index contributed by atoms with van der Waals surface area (Å²) in [6, 6.07) is 7.00. The van der Waals surface area contributed by atoms with Crippen molar-refractivity contribution in [3.8, 4) is 5.75 Å². The van der Waals surface area contributed by atoms with Crippen LogP contribution in [0.5, 0.6) is 5.75 Å². The number of benzene rings is 1. The number of thioether (sulfide) groups is 1. The summed E-state index contributed by atoms with van der Waals surface area (Å²) in [5, 5.41) is 9.40. The summed E-state index contributed by atoms with van der Waals surface area (Å²) < 4.78 is 5.48. The van der Waals surface area contributed by atoms with Crippen molar-refractivity contribution in [1.29, 1.82) is 0 Å². The highest BCUT2D eigenvalue weighted by Crippen LogP contribution is 2.29. The Morgan fingerprint density at radius 3 is 2.68 bits per heavy atom. The molecule has 0 bridgehead atoms. The maximum absolute atomic E-state index is 9.40. The summed E-state index contributed by atoms with van der Waals surface area (Å²) in [4.78, 5) is 5.96. The summed E-state index contributed by atoms with van der Waals surface area (Å²) >= 11 is 1.70. The Morgan fingerprint density at radius 2 is 2.09 bits per heavy atom. The van der Waals surface area contributed by atoms with Crippen LogP contribution in [0, 0.1) is 0 Å². The monoisotopic (exact) mass is 324 g/mol. The van der Waals surface area contributed by atoms with Crippen LogP contribution in [0.4, 0.5) is 0 Å². The molecule has 0 atom stereocenters. The van der Waals surface area contributed by atoms with Crippen molar-refractivity contribution in [2.75, 3.05) is 46.7 Å². The van der Waals surface area contributed by atoms with Gasteiger partial charge in [-0.15, -0.1) is 11.8 Å². The lowest BCUT2D eigenvalue weighted by Gasteiger charge is -2.37. The van der Waals surface area contributed by atoms with Gasteiger partial charge in [0.2, 0.25) is 0 Å². The molecule has 1 heterocycles. The van der Waals surface area contributed by atoms with Gasteiger partial charge in [-0.25, -0.2) is 0 Å². The fourth-order valence-electron chi connectivity index (χ4n) is 3.09. The molecule has 0 unspecified atom stereocenters. The molecule has 1 saturated heterocycles. The molecule has 0 aliphatic carbocycles. The SMILES string of the molecule is COc1cc(CN(CCO)C2CCN(C)CC2)ccc1SC. The van der Waals surface area contributed by atoms with Gasteiger partial charge in [0.15, 0.2) is 0 Å². The molecular formula is C17H28N2O2S. The van der Waals surface area contributed by atoms with Gasteiger partial charge >= 0.3 is 0 Å². The van der Waals surface area contributed by atoms with Gasteiger partial charge in [-0.05, 0) is 56.9 Å². The first-order valence-corrected chi connectivity index (χ1v) is 9.14. The van der Waals surface area contributed by atoms with Crippen LogP contribution in [0.25, 0.3) is 0 Å². The summed E-state index contributed by atoms with van der Waals surface area (Å²) in [6.45, 7) is 4.11. The summed E-state index contributed by atoms with van der Waals surface area (Å²) in [6.07, 6.45) is 4.42. The first-order chi connectivity index (χ1) is 10.7. The molecular weight excluding hydrogens is 296 g/mol. The Bertz CT molecular complexity index is 462. The number of hydrogen-bond donors (Lipinski definition) is 1. The van der Waals surface area contributed by atoms with E-state index >= 15 is 0 Å². The predicted molar refractivity (Wildman–Crippen MR) is 92.8 cm³/mol. The first kappa shape index (κ1) is 17.6. The average Bonchev–Trinajstić information content (AvgIpc) is 2.55. The molecule has 1 N–H and O–H groups in total. The van der Waals surface area contributed by atoms with E-state index in [1.54, 1.807) is 18.9 Å². The van der Waals surface area contributed by atoms with Crippen molar-refractivity contribution in [3.63, 3.8) is 0 Å². The Balaban J connectivity index is 2.07. The number of aliphatic hydroxyl groups excluding tert-OH is 1. The highest BCUT2D eigenvalue weighted by Gasteiger charge is 2.23. The first-order valence-electron chi connectivity index (χ1n) is 7.92. The number of aliphatic hydroxyl groups is 1. The standard InChI is InChI=1S/C17H28N2O2S/c1-18-8-6-15(7-9-18)19(10-11-20)13-14-4-5-17(22-3)16(12-14)21-2/h4-5,12,15,20H,6-11,13H2,1-3H3. The number of nitrogens with zero attached hydrogens (tertiary/aromatic N) is 2. The van der Waals surface area contributed by atoms with E-state index in [-0.39, 0.29) is 6.61 Å². The van der Waals surface area contributed by atoms with Crippen molar-refractivity contribution in [2.24, 2.45) is 0 Å². The molecule has 1 aliphatic rings. The summed E-state index contributed by atoms with van der Waals surface area (Å²) in [5.74, 6) is 0.942. The Hall–Kier alpha value is -0.750. The van der Waals surface area contributed by atoms with Crippen molar-refractivity contribution >= 4 is 11.8 Å². The quantitative estimate of drug-likeness (QED) is 0.779. The number of piperidine rings is 1. The molecule has 0 radical (unpaired) electrons. The molecule has 1 aromatic rings. The second kappa shape index (κ2) is 8.77.